The second kappa shape index (κ2) is 4.92. The standard InChI is InChI=1S/C9H6ClFN2S2/c10-9-12-8(13-15-9)5-14-7-4-2-1-3-6(7)11/h1-4H,5H2. The minimum atomic E-state index is -0.219. The summed E-state index contributed by atoms with van der Waals surface area (Å²) < 4.78 is 17.6. The van der Waals surface area contributed by atoms with Crippen LogP contribution in [-0.4, -0.2) is 9.36 Å². The van der Waals surface area contributed by atoms with E-state index in [4.69, 9.17) is 11.6 Å². The van der Waals surface area contributed by atoms with E-state index >= 15 is 0 Å². The van der Waals surface area contributed by atoms with Gasteiger partial charge in [0, 0.05) is 4.90 Å². The van der Waals surface area contributed by atoms with Crippen LogP contribution in [0, 0.1) is 5.82 Å². The lowest BCUT2D eigenvalue weighted by Crippen LogP contribution is -1.85. The van der Waals surface area contributed by atoms with Crippen molar-refractivity contribution in [1.29, 1.82) is 0 Å². The largest absolute Gasteiger partial charge is 0.207 e. The minimum absolute atomic E-state index is 0.219. The monoisotopic (exact) mass is 260 g/mol. The molecule has 0 saturated heterocycles. The zero-order valence-electron chi connectivity index (χ0n) is 7.48. The Morgan fingerprint density at radius 1 is 1.40 bits per heavy atom. The average Bonchev–Trinajstić information content (AvgIpc) is 2.63. The smallest absolute Gasteiger partial charge is 0.203 e. The Kier molecular flexibility index (Phi) is 3.56. The molecule has 78 valence electrons. The highest BCUT2D eigenvalue weighted by atomic mass is 35.5. The molecule has 0 atom stereocenters. The van der Waals surface area contributed by atoms with E-state index in [0.717, 1.165) is 11.5 Å². The molecule has 0 aliphatic heterocycles. The van der Waals surface area contributed by atoms with Crippen molar-refractivity contribution < 1.29 is 4.39 Å². The van der Waals surface area contributed by atoms with Crippen LogP contribution in [0.25, 0.3) is 0 Å². The van der Waals surface area contributed by atoms with Crippen molar-refractivity contribution in [3.05, 3.63) is 40.4 Å². The summed E-state index contributed by atoms with van der Waals surface area (Å²) in [5, 5.41) is 0. The van der Waals surface area contributed by atoms with Gasteiger partial charge >= 0.3 is 0 Å². The van der Waals surface area contributed by atoms with E-state index in [1.165, 1.54) is 17.8 Å². The normalized spacial score (nSPS) is 10.5. The Bertz CT molecular complexity index is 461. The average molecular weight is 261 g/mol. The first-order valence-electron chi connectivity index (χ1n) is 4.11. The van der Waals surface area contributed by atoms with Gasteiger partial charge in [-0.2, -0.15) is 4.37 Å². The summed E-state index contributed by atoms with van der Waals surface area (Å²) >= 11 is 8.14. The van der Waals surface area contributed by atoms with Gasteiger partial charge in [0.2, 0.25) is 4.47 Å². The van der Waals surface area contributed by atoms with Gasteiger partial charge in [-0.15, -0.1) is 11.8 Å². The zero-order valence-corrected chi connectivity index (χ0v) is 9.87. The number of hydrogen-bond donors (Lipinski definition) is 0. The maximum Gasteiger partial charge on any atom is 0.203 e. The number of halogens is 2. The fourth-order valence-electron chi connectivity index (χ4n) is 0.995. The van der Waals surface area contributed by atoms with Crippen molar-refractivity contribution in [3.63, 3.8) is 0 Å². The Labute approximate surface area is 99.7 Å². The van der Waals surface area contributed by atoms with Crippen LogP contribution in [-0.2, 0) is 5.75 Å². The molecule has 0 saturated carbocycles. The van der Waals surface area contributed by atoms with E-state index in [2.05, 4.69) is 9.36 Å². The first-order chi connectivity index (χ1) is 7.25. The van der Waals surface area contributed by atoms with E-state index < -0.39 is 0 Å². The summed E-state index contributed by atoms with van der Waals surface area (Å²) in [6.07, 6.45) is 0. The maximum absolute atomic E-state index is 13.2. The van der Waals surface area contributed by atoms with Gasteiger partial charge in [0.05, 0.1) is 5.75 Å². The summed E-state index contributed by atoms with van der Waals surface area (Å²) in [5.41, 5.74) is 0. The second-order valence-electron chi connectivity index (χ2n) is 2.68. The van der Waals surface area contributed by atoms with Crippen molar-refractivity contribution in [1.82, 2.24) is 9.36 Å². The summed E-state index contributed by atoms with van der Waals surface area (Å²) in [7, 11) is 0. The van der Waals surface area contributed by atoms with E-state index in [1.807, 2.05) is 0 Å². The van der Waals surface area contributed by atoms with Gasteiger partial charge in [0.15, 0.2) is 5.82 Å². The van der Waals surface area contributed by atoms with Gasteiger partial charge in [-0.25, -0.2) is 9.37 Å². The topological polar surface area (TPSA) is 25.8 Å². The third-order valence-corrected chi connectivity index (χ3v) is 3.52. The fourth-order valence-corrected chi connectivity index (χ4v) is 2.50. The van der Waals surface area contributed by atoms with Crippen molar-refractivity contribution in [2.75, 3.05) is 0 Å². The number of hydrogen-bond acceptors (Lipinski definition) is 4. The highest BCUT2D eigenvalue weighted by molar-refractivity contribution is 7.98. The van der Waals surface area contributed by atoms with Crippen LogP contribution in [0.15, 0.2) is 29.2 Å². The first-order valence-corrected chi connectivity index (χ1v) is 6.25. The van der Waals surface area contributed by atoms with Crippen molar-refractivity contribution in [2.24, 2.45) is 0 Å². The van der Waals surface area contributed by atoms with Crippen LogP contribution < -0.4 is 0 Å². The van der Waals surface area contributed by atoms with Crippen LogP contribution in [0.3, 0.4) is 0 Å². The molecule has 0 bridgehead atoms. The molecule has 0 fully saturated rings. The fraction of sp³-hybridized carbons (Fsp3) is 0.111. The second-order valence-corrected chi connectivity index (χ2v) is 5.03. The number of thioether (sulfide) groups is 1. The van der Waals surface area contributed by atoms with E-state index in [1.54, 1.807) is 18.2 Å². The third kappa shape index (κ3) is 2.90. The quantitative estimate of drug-likeness (QED) is 0.789. The van der Waals surface area contributed by atoms with Gasteiger partial charge in [0.25, 0.3) is 0 Å². The molecule has 2 rings (SSSR count). The van der Waals surface area contributed by atoms with E-state index in [-0.39, 0.29) is 5.82 Å². The number of benzene rings is 1. The predicted octanol–water partition coefficient (Wildman–Crippen LogP) is 3.62. The lowest BCUT2D eigenvalue weighted by Gasteiger charge is -1.99. The molecule has 1 aromatic heterocycles. The van der Waals surface area contributed by atoms with Gasteiger partial charge in [-0.3, -0.25) is 0 Å². The highest BCUT2D eigenvalue weighted by Gasteiger charge is 2.05. The predicted molar refractivity (Wildman–Crippen MR) is 60.9 cm³/mol. The molecule has 15 heavy (non-hydrogen) atoms. The molecular weight excluding hydrogens is 255 g/mol. The molecule has 0 spiro atoms. The van der Waals surface area contributed by atoms with Crippen LogP contribution in [0.5, 0.6) is 0 Å². The maximum atomic E-state index is 13.2. The molecule has 2 aromatic rings. The molecule has 0 aliphatic carbocycles. The summed E-state index contributed by atoms with van der Waals surface area (Å²) in [6.45, 7) is 0. The number of aromatic nitrogens is 2. The van der Waals surface area contributed by atoms with Crippen LogP contribution >= 0.6 is 34.9 Å². The third-order valence-electron chi connectivity index (χ3n) is 1.64. The minimum Gasteiger partial charge on any atom is -0.207 e. The molecule has 0 radical (unpaired) electrons. The molecule has 0 unspecified atom stereocenters. The van der Waals surface area contributed by atoms with Crippen molar-refractivity contribution >= 4 is 34.9 Å². The van der Waals surface area contributed by atoms with Gasteiger partial charge < -0.3 is 0 Å². The highest BCUT2D eigenvalue weighted by Crippen LogP contribution is 2.25. The molecule has 1 aromatic carbocycles. The Morgan fingerprint density at radius 2 is 2.20 bits per heavy atom. The molecule has 0 amide bonds. The summed E-state index contributed by atoms with van der Waals surface area (Å²) in [4.78, 5) is 4.59. The molecule has 2 nitrogen and oxygen atoms in total. The Hall–Kier alpha value is -0.650. The lowest BCUT2D eigenvalue weighted by molar-refractivity contribution is 0.602. The summed E-state index contributed by atoms with van der Waals surface area (Å²) in [6, 6.07) is 6.63. The van der Waals surface area contributed by atoms with Crippen LogP contribution in [0.1, 0.15) is 5.82 Å². The molecule has 1 heterocycles. The lowest BCUT2D eigenvalue weighted by atomic mass is 10.3. The van der Waals surface area contributed by atoms with Gasteiger partial charge in [0.1, 0.15) is 5.82 Å². The molecule has 0 aliphatic rings. The number of nitrogens with zero attached hydrogens (tertiary/aromatic N) is 2. The van der Waals surface area contributed by atoms with Crippen LogP contribution in [0.2, 0.25) is 4.47 Å². The summed E-state index contributed by atoms with van der Waals surface area (Å²) in [5.74, 6) is 0.950. The first kappa shape index (κ1) is 10.9. The Balaban J connectivity index is 2.02. The van der Waals surface area contributed by atoms with Gasteiger partial charge in [-0.05, 0) is 35.3 Å². The van der Waals surface area contributed by atoms with Gasteiger partial charge in [-0.1, -0.05) is 12.1 Å². The van der Waals surface area contributed by atoms with Crippen molar-refractivity contribution in [3.8, 4) is 0 Å². The zero-order chi connectivity index (χ0) is 10.7. The van der Waals surface area contributed by atoms with Crippen molar-refractivity contribution in [2.45, 2.75) is 10.6 Å². The van der Waals surface area contributed by atoms with E-state index in [0.29, 0.717) is 20.9 Å². The SMILES string of the molecule is Fc1ccccc1SCc1nsc(Cl)n1. The van der Waals surface area contributed by atoms with Crippen LogP contribution in [0.4, 0.5) is 4.39 Å². The molecule has 0 N–H and O–H groups in total. The molecule has 6 heteroatoms. The molecular formula is C9H6ClFN2S2. The number of rotatable bonds is 3. The Morgan fingerprint density at radius 3 is 2.87 bits per heavy atom. The van der Waals surface area contributed by atoms with E-state index in [9.17, 15) is 4.39 Å².